The van der Waals surface area contributed by atoms with Gasteiger partial charge in [-0.25, -0.2) is 13.8 Å². The zero-order valence-corrected chi connectivity index (χ0v) is 11.0. The Hall–Kier alpha value is -1.23. The Labute approximate surface area is 110 Å². The number of amides is 1. The summed E-state index contributed by atoms with van der Waals surface area (Å²) in [7, 11) is 0. The molecule has 0 aromatic rings. The number of allylic oxidation sites excluding steroid dienone is 2. The summed E-state index contributed by atoms with van der Waals surface area (Å²) < 4.78 is 25.8. The van der Waals surface area contributed by atoms with Crippen molar-refractivity contribution >= 4 is 23.3 Å². The van der Waals surface area contributed by atoms with Crippen molar-refractivity contribution < 1.29 is 13.6 Å². The Bertz CT molecular complexity index is 412. The van der Waals surface area contributed by atoms with Crippen LogP contribution in [0, 0.1) is 5.92 Å². The molecule has 0 saturated carbocycles. The Kier molecular flexibility index (Phi) is 5.47. The molecule has 1 aliphatic heterocycles. The van der Waals surface area contributed by atoms with Crippen molar-refractivity contribution in [1.29, 1.82) is 0 Å². The molecule has 0 aromatic carbocycles. The van der Waals surface area contributed by atoms with E-state index in [1.807, 2.05) is 6.92 Å². The van der Waals surface area contributed by atoms with E-state index in [1.54, 1.807) is 6.08 Å². The van der Waals surface area contributed by atoms with E-state index < -0.39 is 18.3 Å². The Balaban J connectivity index is 3.14. The summed E-state index contributed by atoms with van der Waals surface area (Å²) in [6.45, 7) is 3.43. The van der Waals surface area contributed by atoms with Gasteiger partial charge in [-0.05, 0) is 13.3 Å². The lowest BCUT2D eigenvalue weighted by Crippen LogP contribution is -2.43. The third-order valence-electron chi connectivity index (χ3n) is 2.51. The van der Waals surface area contributed by atoms with Crippen LogP contribution in [-0.4, -0.2) is 18.2 Å². The second-order valence-electron chi connectivity index (χ2n) is 3.91. The molecule has 1 unspecified atom stereocenters. The van der Waals surface area contributed by atoms with E-state index in [0.717, 1.165) is 6.42 Å². The molecule has 18 heavy (non-hydrogen) atoms. The normalized spacial score (nSPS) is 26.0. The summed E-state index contributed by atoms with van der Waals surface area (Å²) in [5, 5.41) is 2.70. The fraction of sp³-hybridized carbons (Fsp3) is 0.500. The second-order valence-corrected chi connectivity index (χ2v) is 4.48. The predicted molar refractivity (Wildman–Crippen MR) is 67.7 cm³/mol. The smallest absolute Gasteiger partial charge is 0.246 e. The van der Waals surface area contributed by atoms with Crippen LogP contribution >= 0.6 is 11.6 Å². The maximum absolute atomic E-state index is 12.9. The first-order valence-electron chi connectivity index (χ1n) is 5.64. The standard InChI is InChI=1S/C12H15ClF2N2O/c1-3-4-5-16-12-10(7(2)13)8(11(14)15)6-9(18)17-12/h4-5,8,11H,3,6H2,1-2H3,(H,16,17,18)/b5-4+,10-7+. The number of aliphatic imine (C=N–C) groups is 1. The molecular formula is C12H15ClF2N2O. The van der Waals surface area contributed by atoms with Crippen molar-refractivity contribution in [2.75, 3.05) is 0 Å². The van der Waals surface area contributed by atoms with E-state index in [4.69, 9.17) is 11.6 Å². The van der Waals surface area contributed by atoms with Crippen LogP contribution in [-0.2, 0) is 4.79 Å². The molecule has 1 saturated heterocycles. The van der Waals surface area contributed by atoms with Gasteiger partial charge < -0.3 is 5.32 Å². The summed E-state index contributed by atoms with van der Waals surface area (Å²) in [5.74, 6) is -1.54. The number of alkyl halides is 2. The van der Waals surface area contributed by atoms with Gasteiger partial charge in [-0.1, -0.05) is 24.6 Å². The van der Waals surface area contributed by atoms with Crippen molar-refractivity contribution in [3.05, 3.63) is 22.9 Å². The second kappa shape index (κ2) is 6.64. The molecule has 0 aliphatic carbocycles. The van der Waals surface area contributed by atoms with Gasteiger partial charge in [-0.15, -0.1) is 0 Å². The molecule has 0 radical (unpaired) electrons. The number of carbonyl (C=O) groups is 1. The molecule has 0 spiro atoms. The highest BCUT2D eigenvalue weighted by Crippen LogP contribution is 2.30. The van der Waals surface area contributed by atoms with Gasteiger partial charge in [0.25, 0.3) is 0 Å². The van der Waals surface area contributed by atoms with E-state index in [2.05, 4.69) is 10.3 Å². The number of rotatable bonds is 3. The summed E-state index contributed by atoms with van der Waals surface area (Å²) in [6.07, 6.45) is 1.09. The molecule has 1 rings (SSSR count). The average molecular weight is 277 g/mol. The molecule has 100 valence electrons. The number of carbonyl (C=O) groups excluding carboxylic acids is 1. The van der Waals surface area contributed by atoms with Crippen LogP contribution in [0.4, 0.5) is 8.78 Å². The van der Waals surface area contributed by atoms with Crippen molar-refractivity contribution in [3.8, 4) is 0 Å². The van der Waals surface area contributed by atoms with Crippen molar-refractivity contribution in [2.24, 2.45) is 10.9 Å². The zero-order valence-electron chi connectivity index (χ0n) is 10.2. The van der Waals surface area contributed by atoms with Crippen molar-refractivity contribution in [2.45, 2.75) is 33.1 Å². The number of hydrogen-bond acceptors (Lipinski definition) is 2. The van der Waals surface area contributed by atoms with Gasteiger partial charge in [0.2, 0.25) is 12.3 Å². The molecule has 0 bridgehead atoms. The van der Waals surface area contributed by atoms with Gasteiger partial charge in [-0.2, -0.15) is 0 Å². The zero-order chi connectivity index (χ0) is 13.7. The minimum atomic E-state index is -2.64. The first-order valence-corrected chi connectivity index (χ1v) is 6.02. The summed E-state index contributed by atoms with van der Waals surface area (Å²) >= 11 is 5.84. The van der Waals surface area contributed by atoms with Gasteiger partial charge in [0, 0.05) is 23.2 Å². The number of amidine groups is 1. The Morgan fingerprint density at radius 2 is 2.33 bits per heavy atom. The van der Waals surface area contributed by atoms with E-state index in [-0.39, 0.29) is 22.9 Å². The minimum absolute atomic E-state index is 0.119. The first-order chi connectivity index (χ1) is 8.47. The van der Waals surface area contributed by atoms with Gasteiger partial charge in [-0.3, -0.25) is 4.79 Å². The highest BCUT2D eigenvalue weighted by molar-refractivity contribution is 6.32. The molecule has 1 N–H and O–H groups in total. The van der Waals surface area contributed by atoms with Gasteiger partial charge in [0.15, 0.2) is 0 Å². The van der Waals surface area contributed by atoms with Crippen molar-refractivity contribution in [1.82, 2.24) is 5.32 Å². The molecular weight excluding hydrogens is 262 g/mol. The van der Waals surface area contributed by atoms with E-state index >= 15 is 0 Å². The van der Waals surface area contributed by atoms with Crippen LogP contribution in [0.25, 0.3) is 0 Å². The molecule has 3 nitrogen and oxygen atoms in total. The van der Waals surface area contributed by atoms with E-state index in [9.17, 15) is 13.6 Å². The highest BCUT2D eigenvalue weighted by Gasteiger charge is 2.36. The van der Waals surface area contributed by atoms with Gasteiger partial charge in [0.1, 0.15) is 5.84 Å². The van der Waals surface area contributed by atoms with Crippen LogP contribution in [0.3, 0.4) is 0 Å². The van der Waals surface area contributed by atoms with Crippen LogP contribution in [0.15, 0.2) is 27.9 Å². The lowest BCUT2D eigenvalue weighted by molar-refractivity contribution is -0.122. The number of piperidine rings is 1. The van der Waals surface area contributed by atoms with Gasteiger partial charge >= 0.3 is 0 Å². The largest absolute Gasteiger partial charge is 0.310 e. The molecule has 1 amide bonds. The first kappa shape index (κ1) is 14.8. The molecule has 6 heteroatoms. The maximum Gasteiger partial charge on any atom is 0.246 e. The number of nitrogens with one attached hydrogen (secondary N) is 1. The minimum Gasteiger partial charge on any atom is -0.310 e. The van der Waals surface area contributed by atoms with E-state index in [1.165, 1.54) is 13.1 Å². The fourth-order valence-electron chi connectivity index (χ4n) is 1.70. The molecule has 1 atom stereocenters. The van der Waals surface area contributed by atoms with Gasteiger partial charge in [0.05, 0.1) is 5.92 Å². The Morgan fingerprint density at radius 1 is 1.67 bits per heavy atom. The highest BCUT2D eigenvalue weighted by atomic mass is 35.5. The SMILES string of the molecule is CC/C=C/N=C1\NC(=O)CC(C(F)F)\C1=C(\C)Cl. The number of nitrogens with zero attached hydrogens (tertiary/aromatic N) is 1. The lowest BCUT2D eigenvalue weighted by Gasteiger charge is -2.26. The fourth-order valence-corrected chi connectivity index (χ4v) is 1.93. The van der Waals surface area contributed by atoms with E-state index in [0.29, 0.717) is 0 Å². The summed E-state index contributed by atoms with van der Waals surface area (Å²) in [6, 6.07) is 0. The Morgan fingerprint density at radius 3 is 2.83 bits per heavy atom. The molecule has 1 fully saturated rings. The molecule has 1 heterocycles. The summed E-state index contributed by atoms with van der Waals surface area (Å²) in [4.78, 5) is 15.4. The predicted octanol–water partition coefficient (Wildman–Crippen LogP) is 3.22. The third-order valence-corrected chi connectivity index (χ3v) is 2.71. The lowest BCUT2D eigenvalue weighted by atomic mass is 9.91. The maximum atomic E-state index is 12.9. The topological polar surface area (TPSA) is 41.5 Å². The van der Waals surface area contributed by atoms with Crippen LogP contribution in [0.1, 0.15) is 26.7 Å². The third kappa shape index (κ3) is 3.63. The van der Waals surface area contributed by atoms with Crippen LogP contribution in [0.2, 0.25) is 0 Å². The average Bonchev–Trinajstić information content (AvgIpc) is 2.27. The monoisotopic (exact) mass is 276 g/mol. The van der Waals surface area contributed by atoms with Crippen LogP contribution < -0.4 is 5.32 Å². The molecule has 0 aromatic heterocycles. The summed E-state index contributed by atoms with van der Waals surface area (Å²) in [5.41, 5.74) is 0.215. The molecule has 1 aliphatic rings. The van der Waals surface area contributed by atoms with Crippen molar-refractivity contribution in [3.63, 3.8) is 0 Å². The number of hydrogen-bond donors (Lipinski definition) is 1. The van der Waals surface area contributed by atoms with Crippen LogP contribution in [0.5, 0.6) is 0 Å². The quantitative estimate of drug-likeness (QED) is 0.845. The number of halogens is 3.